The fourth-order valence-electron chi connectivity index (χ4n) is 2.79. The molecule has 0 bridgehead atoms. The van der Waals surface area contributed by atoms with Crippen molar-refractivity contribution in [2.24, 2.45) is 10.8 Å². The van der Waals surface area contributed by atoms with Gasteiger partial charge in [0.2, 0.25) is 0 Å². The highest BCUT2D eigenvalue weighted by Crippen LogP contribution is 2.69. The van der Waals surface area contributed by atoms with E-state index >= 15 is 0 Å². The van der Waals surface area contributed by atoms with Gasteiger partial charge in [0, 0.05) is 23.3 Å². The maximum Gasteiger partial charge on any atom is 0.330 e. The summed E-state index contributed by atoms with van der Waals surface area (Å²) in [5.41, 5.74) is -2.01. The molecule has 1 aliphatic heterocycles. The molecular formula is C24H37N2O9PS2. The minimum Gasteiger partial charge on any atom is -0.464 e. The summed E-state index contributed by atoms with van der Waals surface area (Å²) in [4.78, 5) is 50.0. The van der Waals surface area contributed by atoms with Crippen LogP contribution in [0.25, 0.3) is 0 Å². The van der Waals surface area contributed by atoms with Gasteiger partial charge in [-0.05, 0) is 54.5 Å². The molecule has 0 fully saturated rings. The van der Waals surface area contributed by atoms with Gasteiger partial charge in [-0.1, -0.05) is 28.8 Å². The van der Waals surface area contributed by atoms with Crippen LogP contribution in [-0.4, -0.2) is 58.9 Å². The Morgan fingerprint density at radius 3 is 2.03 bits per heavy atom. The van der Waals surface area contributed by atoms with E-state index in [1.165, 1.54) is 10.8 Å². The Morgan fingerprint density at radius 1 is 1.00 bits per heavy atom. The summed E-state index contributed by atoms with van der Waals surface area (Å²) < 4.78 is 37.0. The van der Waals surface area contributed by atoms with Crippen LogP contribution in [0.15, 0.2) is 27.9 Å². The zero-order valence-electron chi connectivity index (χ0n) is 22.8. The Balaban J connectivity index is 1.96. The summed E-state index contributed by atoms with van der Waals surface area (Å²) in [6.07, 6.45) is 3.41. The lowest BCUT2D eigenvalue weighted by atomic mass is 9.97. The molecule has 0 spiro atoms. The van der Waals surface area contributed by atoms with Crippen LogP contribution in [0.4, 0.5) is 0 Å². The van der Waals surface area contributed by atoms with Gasteiger partial charge in [0.15, 0.2) is 6.23 Å². The second-order valence-electron chi connectivity index (χ2n) is 10.6. The van der Waals surface area contributed by atoms with E-state index in [2.05, 4.69) is 4.98 Å². The van der Waals surface area contributed by atoms with E-state index < -0.39 is 40.2 Å². The Morgan fingerprint density at radius 2 is 1.53 bits per heavy atom. The second kappa shape index (κ2) is 13.5. The molecule has 214 valence electrons. The highest BCUT2D eigenvalue weighted by molar-refractivity contribution is 8.89. The number of hydrogen-bond acceptors (Lipinski definition) is 11. The topological polar surface area (TPSA) is 143 Å². The smallest absolute Gasteiger partial charge is 0.330 e. The number of carbonyl (C=O) groups is 2. The molecule has 2 heterocycles. The third-order valence-electron chi connectivity index (χ3n) is 4.98. The SMILES string of the molecule is Cc1cn([C@H]2C=C[C@@H](COP(=O)(SCCOC(=O)C(C)(C)C)SCCOC(=O)C(C)(C)C)O2)c(=O)[nH]c1=O. The standard InChI is InChI=1S/C24H37N2O9PS2/c1-16-14-26(22(30)25-19(16)27)18-9-8-17(35-18)15-34-36(31,37-12-10-32-20(28)23(2,3)4)38-13-11-33-21(29)24(5,6)7/h8-9,14,17-18H,10-13,15H2,1-7H3,(H,25,27,30)/t17-,18+/m0/s1. The number of rotatable bonds is 12. The molecule has 0 unspecified atom stereocenters. The van der Waals surface area contributed by atoms with Crippen molar-refractivity contribution in [2.45, 2.75) is 60.8 Å². The maximum absolute atomic E-state index is 13.6. The van der Waals surface area contributed by atoms with Gasteiger partial charge in [-0.15, -0.1) is 0 Å². The van der Waals surface area contributed by atoms with Crippen LogP contribution >= 0.6 is 28.5 Å². The Bertz CT molecular complexity index is 1140. The number of ether oxygens (including phenoxy) is 3. The summed E-state index contributed by atoms with van der Waals surface area (Å²) >= 11 is 2.06. The Labute approximate surface area is 230 Å². The lowest BCUT2D eigenvalue weighted by Crippen LogP contribution is -2.33. The number of aryl methyl sites for hydroxylation is 1. The zero-order chi connectivity index (χ0) is 28.7. The van der Waals surface area contributed by atoms with Crippen molar-refractivity contribution in [3.63, 3.8) is 0 Å². The quantitative estimate of drug-likeness (QED) is 0.162. The van der Waals surface area contributed by atoms with Gasteiger partial charge < -0.3 is 18.7 Å². The number of H-pyrrole nitrogens is 1. The Kier molecular flexibility index (Phi) is 11.5. The summed E-state index contributed by atoms with van der Waals surface area (Å²) in [5, 5.41) is 0. The average molecular weight is 593 g/mol. The predicted octanol–water partition coefficient (Wildman–Crippen LogP) is 4.07. The van der Waals surface area contributed by atoms with Crippen molar-refractivity contribution in [3.05, 3.63) is 44.8 Å². The van der Waals surface area contributed by atoms with Gasteiger partial charge in [0.05, 0.1) is 17.4 Å². The van der Waals surface area contributed by atoms with E-state index in [1.807, 2.05) is 0 Å². The summed E-state index contributed by atoms with van der Waals surface area (Å²) in [5.74, 6) is -3.61. The van der Waals surface area contributed by atoms with Crippen molar-refractivity contribution in [1.82, 2.24) is 9.55 Å². The molecule has 1 N–H and O–H groups in total. The summed E-state index contributed by atoms with van der Waals surface area (Å²) in [7, 11) is 0. The third-order valence-corrected chi connectivity index (χ3v) is 12.3. The number of aromatic nitrogens is 2. The first-order valence-electron chi connectivity index (χ1n) is 12.1. The van der Waals surface area contributed by atoms with Crippen molar-refractivity contribution < 1.29 is 32.9 Å². The molecule has 0 amide bonds. The van der Waals surface area contributed by atoms with Crippen molar-refractivity contribution in [1.29, 1.82) is 0 Å². The molecule has 1 aromatic heterocycles. The van der Waals surface area contributed by atoms with Crippen LogP contribution < -0.4 is 11.2 Å². The molecule has 1 aromatic rings. The minimum atomic E-state index is -3.37. The molecule has 0 saturated carbocycles. The van der Waals surface area contributed by atoms with Gasteiger partial charge in [-0.3, -0.25) is 28.5 Å². The van der Waals surface area contributed by atoms with E-state index in [9.17, 15) is 23.7 Å². The summed E-state index contributed by atoms with van der Waals surface area (Å²) in [6, 6.07) is 0. The molecular weight excluding hydrogens is 555 g/mol. The first kappa shape index (κ1) is 32.4. The normalized spacial score (nSPS) is 18.0. The van der Waals surface area contributed by atoms with Crippen molar-refractivity contribution in [2.75, 3.05) is 31.3 Å². The van der Waals surface area contributed by atoms with Crippen molar-refractivity contribution >= 4 is 40.5 Å². The number of hydrogen-bond donors (Lipinski definition) is 1. The molecule has 0 saturated heterocycles. The Hall–Kier alpha value is -1.79. The second-order valence-corrected chi connectivity index (χ2v) is 18.2. The van der Waals surface area contributed by atoms with Crippen LogP contribution in [-0.2, 0) is 32.9 Å². The number of esters is 2. The highest BCUT2D eigenvalue weighted by atomic mass is 33.1. The monoisotopic (exact) mass is 592 g/mol. The lowest BCUT2D eigenvalue weighted by molar-refractivity contribution is -0.152. The van der Waals surface area contributed by atoms with Gasteiger partial charge in [-0.2, -0.15) is 0 Å². The van der Waals surface area contributed by atoms with Crippen LogP contribution in [0.2, 0.25) is 0 Å². The molecule has 14 heteroatoms. The van der Waals surface area contributed by atoms with Gasteiger partial charge in [0.1, 0.15) is 19.3 Å². The maximum atomic E-state index is 13.6. The van der Waals surface area contributed by atoms with Crippen LogP contribution in [0, 0.1) is 17.8 Å². The third kappa shape index (κ3) is 10.1. The molecule has 1 aliphatic rings. The van der Waals surface area contributed by atoms with E-state index in [1.54, 1.807) is 60.6 Å². The van der Waals surface area contributed by atoms with Crippen molar-refractivity contribution in [3.8, 4) is 0 Å². The number of nitrogens with zero attached hydrogens (tertiary/aromatic N) is 1. The summed E-state index contributed by atoms with van der Waals surface area (Å²) in [6.45, 7) is 12.1. The van der Waals surface area contributed by atoms with E-state index in [0.717, 1.165) is 22.8 Å². The van der Waals surface area contributed by atoms with Gasteiger partial charge >= 0.3 is 23.4 Å². The molecule has 0 aromatic carbocycles. The molecule has 11 nitrogen and oxygen atoms in total. The molecule has 38 heavy (non-hydrogen) atoms. The molecule has 2 atom stereocenters. The zero-order valence-corrected chi connectivity index (χ0v) is 25.3. The first-order chi connectivity index (χ1) is 17.5. The number of aromatic amines is 1. The van der Waals surface area contributed by atoms with Gasteiger partial charge in [-0.25, -0.2) is 4.79 Å². The number of nitrogens with one attached hydrogen (secondary N) is 1. The van der Waals surface area contributed by atoms with E-state index in [4.69, 9.17) is 18.7 Å². The molecule has 2 rings (SSSR count). The average Bonchev–Trinajstić information content (AvgIpc) is 3.28. The molecule has 0 aliphatic carbocycles. The van der Waals surface area contributed by atoms with Gasteiger partial charge in [0.25, 0.3) is 5.56 Å². The van der Waals surface area contributed by atoms with Crippen LogP contribution in [0.3, 0.4) is 0 Å². The van der Waals surface area contributed by atoms with Crippen LogP contribution in [0.1, 0.15) is 53.3 Å². The number of carbonyl (C=O) groups excluding carboxylic acids is 2. The largest absolute Gasteiger partial charge is 0.464 e. The minimum absolute atomic E-state index is 0.0596. The predicted molar refractivity (Wildman–Crippen MR) is 148 cm³/mol. The first-order valence-corrected chi connectivity index (χ1v) is 16.9. The fourth-order valence-corrected chi connectivity index (χ4v) is 8.95. The lowest BCUT2D eigenvalue weighted by Gasteiger charge is -2.21. The highest BCUT2D eigenvalue weighted by Gasteiger charge is 2.31. The van der Waals surface area contributed by atoms with Crippen LogP contribution in [0.5, 0.6) is 0 Å². The van der Waals surface area contributed by atoms with E-state index in [-0.39, 0.29) is 43.3 Å². The molecule has 0 radical (unpaired) electrons. The van der Waals surface area contributed by atoms with E-state index in [0.29, 0.717) is 5.56 Å². The fraction of sp³-hybridized carbons (Fsp3) is 0.667.